The van der Waals surface area contributed by atoms with E-state index in [2.05, 4.69) is 5.32 Å². The lowest BCUT2D eigenvalue weighted by Gasteiger charge is -2.38. The summed E-state index contributed by atoms with van der Waals surface area (Å²) in [5, 5.41) is 2.70. The van der Waals surface area contributed by atoms with Gasteiger partial charge in [-0.3, -0.25) is 9.59 Å². The third-order valence-corrected chi connectivity index (χ3v) is 4.25. The van der Waals surface area contributed by atoms with Gasteiger partial charge in [0.25, 0.3) is 0 Å². The summed E-state index contributed by atoms with van der Waals surface area (Å²) in [5.41, 5.74) is 0.853. The summed E-state index contributed by atoms with van der Waals surface area (Å²) in [4.78, 5) is 26.2. The van der Waals surface area contributed by atoms with E-state index < -0.39 is 11.8 Å². The fourth-order valence-corrected chi connectivity index (χ4v) is 3.04. The van der Waals surface area contributed by atoms with E-state index in [1.54, 1.807) is 12.0 Å². The number of piperidine rings is 1. The number of ether oxygens (including phenoxy) is 1. The number of likely N-dealkylation sites (tertiary alicyclic amines) is 1. The van der Waals surface area contributed by atoms with Gasteiger partial charge in [-0.15, -0.1) is 0 Å². The molecular weight excluding hydrogens is 280 g/mol. The first-order valence-electron chi connectivity index (χ1n) is 7.77. The monoisotopic (exact) mass is 304 g/mol. The first-order chi connectivity index (χ1) is 10.5. The molecule has 1 aliphatic heterocycles. The smallest absolute Gasteiger partial charge is 0.312 e. The van der Waals surface area contributed by atoms with Crippen LogP contribution in [0.15, 0.2) is 24.3 Å². The molecule has 2 unspecified atom stereocenters. The molecule has 2 rings (SSSR count). The Bertz CT molecular complexity index is 534. The van der Waals surface area contributed by atoms with Gasteiger partial charge >= 0.3 is 11.8 Å². The summed E-state index contributed by atoms with van der Waals surface area (Å²) >= 11 is 0. The molecule has 0 radical (unpaired) electrons. The molecule has 5 heteroatoms. The van der Waals surface area contributed by atoms with Crippen molar-refractivity contribution in [3.63, 3.8) is 0 Å². The molecule has 2 amide bonds. The summed E-state index contributed by atoms with van der Waals surface area (Å²) < 4.78 is 5.24. The van der Waals surface area contributed by atoms with Crippen molar-refractivity contribution < 1.29 is 14.3 Å². The number of amides is 2. The van der Waals surface area contributed by atoms with E-state index in [1.165, 1.54) is 0 Å². The van der Waals surface area contributed by atoms with Crippen LogP contribution in [-0.2, 0) is 16.1 Å². The highest BCUT2D eigenvalue weighted by molar-refractivity contribution is 6.35. The van der Waals surface area contributed by atoms with Crippen LogP contribution in [0.4, 0.5) is 0 Å². The first kappa shape index (κ1) is 16.3. The maximum atomic E-state index is 12.4. The van der Waals surface area contributed by atoms with Crippen LogP contribution < -0.4 is 10.1 Å². The predicted octanol–water partition coefficient (Wildman–Crippen LogP) is 2.10. The van der Waals surface area contributed by atoms with Crippen LogP contribution in [0.25, 0.3) is 0 Å². The molecular formula is C17H24N2O3. The SMILES string of the molecule is COc1ccccc1CNC(=O)C(=O)N1C(C)CCCC1C. The van der Waals surface area contributed by atoms with Gasteiger partial charge in [0, 0.05) is 24.2 Å². The number of carbonyl (C=O) groups excluding carboxylic acids is 2. The average molecular weight is 304 g/mol. The van der Waals surface area contributed by atoms with E-state index in [1.807, 2.05) is 38.1 Å². The van der Waals surface area contributed by atoms with Crippen molar-refractivity contribution in [3.05, 3.63) is 29.8 Å². The highest BCUT2D eigenvalue weighted by atomic mass is 16.5. The molecule has 1 N–H and O–H groups in total. The van der Waals surface area contributed by atoms with Gasteiger partial charge in [-0.25, -0.2) is 0 Å². The highest BCUT2D eigenvalue weighted by Gasteiger charge is 2.32. The van der Waals surface area contributed by atoms with Gasteiger partial charge in [0.05, 0.1) is 7.11 Å². The summed E-state index contributed by atoms with van der Waals surface area (Å²) in [5.74, 6) is -0.281. The van der Waals surface area contributed by atoms with Gasteiger partial charge in [0.1, 0.15) is 5.75 Å². The molecule has 120 valence electrons. The van der Waals surface area contributed by atoms with Gasteiger partial charge < -0.3 is 15.0 Å². The average Bonchev–Trinajstić information content (AvgIpc) is 2.52. The van der Waals surface area contributed by atoms with Gasteiger partial charge in [0.15, 0.2) is 0 Å². The molecule has 1 saturated heterocycles. The molecule has 1 aromatic rings. The minimum absolute atomic E-state index is 0.119. The summed E-state index contributed by atoms with van der Waals surface area (Å²) in [6.07, 6.45) is 3.01. The number of rotatable bonds is 3. The molecule has 0 aliphatic carbocycles. The Morgan fingerprint density at radius 3 is 2.50 bits per heavy atom. The van der Waals surface area contributed by atoms with Crippen molar-refractivity contribution in [2.75, 3.05) is 7.11 Å². The number of para-hydroxylation sites is 1. The molecule has 1 aliphatic rings. The van der Waals surface area contributed by atoms with Gasteiger partial charge in [0.2, 0.25) is 0 Å². The minimum Gasteiger partial charge on any atom is -0.496 e. The second-order valence-electron chi connectivity index (χ2n) is 5.84. The number of hydrogen-bond acceptors (Lipinski definition) is 3. The van der Waals surface area contributed by atoms with E-state index >= 15 is 0 Å². The van der Waals surface area contributed by atoms with Crippen LogP contribution in [-0.4, -0.2) is 35.9 Å². The van der Waals surface area contributed by atoms with Crippen molar-refractivity contribution in [2.45, 2.75) is 51.7 Å². The number of methoxy groups -OCH3 is 1. The van der Waals surface area contributed by atoms with Crippen LogP contribution in [0.5, 0.6) is 5.75 Å². The van der Waals surface area contributed by atoms with Gasteiger partial charge in [-0.2, -0.15) is 0 Å². The topological polar surface area (TPSA) is 58.6 Å². The Morgan fingerprint density at radius 1 is 1.23 bits per heavy atom. The maximum Gasteiger partial charge on any atom is 0.312 e. The minimum atomic E-state index is -0.550. The third-order valence-electron chi connectivity index (χ3n) is 4.25. The Labute approximate surface area is 131 Å². The standard InChI is InChI=1S/C17H24N2O3/c1-12-7-6-8-13(2)19(12)17(21)16(20)18-11-14-9-4-5-10-15(14)22-3/h4-5,9-10,12-13H,6-8,11H2,1-3H3,(H,18,20). The van der Waals surface area contributed by atoms with Crippen LogP contribution in [0.3, 0.4) is 0 Å². The maximum absolute atomic E-state index is 12.4. The van der Waals surface area contributed by atoms with Crippen molar-refractivity contribution in [1.82, 2.24) is 10.2 Å². The van der Waals surface area contributed by atoms with Crippen LogP contribution in [0, 0.1) is 0 Å². The van der Waals surface area contributed by atoms with Gasteiger partial charge in [-0.1, -0.05) is 18.2 Å². The number of benzene rings is 1. The third kappa shape index (κ3) is 3.59. The zero-order chi connectivity index (χ0) is 16.1. The Kier molecular flexibility index (Phi) is 5.41. The van der Waals surface area contributed by atoms with E-state index in [-0.39, 0.29) is 18.6 Å². The lowest BCUT2D eigenvalue weighted by atomic mass is 9.97. The highest BCUT2D eigenvalue weighted by Crippen LogP contribution is 2.22. The Balaban J connectivity index is 1.98. The number of nitrogens with zero attached hydrogens (tertiary/aromatic N) is 1. The van der Waals surface area contributed by atoms with E-state index in [0.29, 0.717) is 5.75 Å². The summed E-state index contributed by atoms with van der Waals surface area (Å²) in [7, 11) is 1.59. The number of nitrogens with one attached hydrogen (secondary N) is 1. The van der Waals surface area contributed by atoms with E-state index in [4.69, 9.17) is 4.74 Å². The molecule has 1 heterocycles. The molecule has 0 bridgehead atoms. The quantitative estimate of drug-likeness (QED) is 0.870. The molecule has 0 aromatic heterocycles. The molecule has 22 heavy (non-hydrogen) atoms. The zero-order valence-corrected chi connectivity index (χ0v) is 13.5. The largest absolute Gasteiger partial charge is 0.496 e. The molecule has 2 atom stereocenters. The fraction of sp³-hybridized carbons (Fsp3) is 0.529. The van der Waals surface area contributed by atoms with Gasteiger partial charge in [-0.05, 0) is 39.2 Å². The Hall–Kier alpha value is -2.04. The van der Waals surface area contributed by atoms with E-state index in [9.17, 15) is 9.59 Å². The van der Waals surface area contributed by atoms with E-state index in [0.717, 1.165) is 24.8 Å². The van der Waals surface area contributed by atoms with Crippen LogP contribution in [0.1, 0.15) is 38.7 Å². The second-order valence-corrected chi connectivity index (χ2v) is 5.84. The van der Waals surface area contributed by atoms with Crippen molar-refractivity contribution >= 4 is 11.8 Å². The van der Waals surface area contributed by atoms with Crippen molar-refractivity contribution in [1.29, 1.82) is 0 Å². The molecule has 1 aromatic carbocycles. The Morgan fingerprint density at radius 2 is 1.86 bits per heavy atom. The molecule has 1 fully saturated rings. The lowest BCUT2D eigenvalue weighted by molar-refractivity contribution is -0.150. The first-order valence-corrected chi connectivity index (χ1v) is 7.77. The number of hydrogen-bond donors (Lipinski definition) is 1. The summed E-state index contributed by atoms with van der Waals surface area (Å²) in [6.45, 7) is 4.29. The fourth-order valence-electron chi connectivity index (χ4n) is 3.04. The molecule has 5 nitrogen and oxygen atoms in total. The van der Waals surface area contributed by atoms with Crippen LogP contribution >= 0.6 is 0 Å². The van der Waals surface area contributed by atoms with Crippen molar-refractivity contribution in [3.8, 4) is 5.75 Å². The summed E-state index contributed by atoms with van der Waals surface area (Å²) in [6, 6.07) is 7.68. The van der Waals surface area contributed by atoms with Crippen molar-refractivity contribution in [2.24, 2.45) is 0 Å². The lowest BCUT2D eigenvalue weighted by Crippen LogP contribution is -2.52. The number of carbonyl (C=O) groups is 2. The molecule has 0 saturated carbocycles. The van der Waals surface area contributed by atoms with Crippen LogP contribution in [0.2, 0.25) is 0 Å². The second kappa shape index (κ2) is 7.29. The molecule has 0 spiro atoms. The zero-order valence-electron chi connectivity index (χ0n) is 13.5. The predicted molar refractivity (Wildman–Crippen MR) is 84.5 cm³/mol. The normalized spacial score (nSPS) is 21.3.